The first-order valence-corrected chi connectivity index (χ1v) is 7.84. The SMILES string of the molecule is O=C(NCCC(=O)N1CCCC(CO)C1)c1ccsc1. The number of carbonyl (C=O) groups is 2. The third-order valence-electron chi connectivity index (χ3n) is 3.54. The number of nitrogens with zero attached hydrogens (tertiary/aromatic N) is 1. The van der Waals surface area contributed by atoms with Crippen molar-refractivity contribution in [1.82, 2.24) is 10.2 Å². The number of nitrogens with one attached hydrogen (secondary N) is 1. The van der Waals surface area contributed by atoms with E-state index < -0.39 is 0 Å². The van der Waals surface area contributed by atoms with Gasteiger partial charge in [0.1, 0.15) is 0 Å². The molecule has 2 N–H and O–H groups in total. The average Bonchev–Trinajstić information content (AvgIpc) is 3.01. The van der Waals surface area contributed by atoms with Gasteiger partial charge < -0.3 is 15.3 Å². The Hall–Kier alpha value is -1.40. The van der Waals surface area contributed by atoms with Gasteiger partial charge in [-0.1, -0.05) is 0 Å². The van der Waals surface area contributed by atoms with Crippen LogP contribution in [0.2, 0.25) is 0 Å². The Labute approximate surface area is 122 Å². The van der Waals surface area contributed by atoms with Gasteiger partial charge in [-0.3, -0.25) is 9.59 Å². The van der Waals surface area contributed by atoms with Crippen LogP contribution in [0.25, 0.3) is 0 Å². The molecule has 1 aliphatic heterocycles. The van der Waals surface area contributed by atoms with Gasteiger partial charge in [0.25, 0.3) is 5.91 Å². The van der Waals surface area contributed by atoms with Crippen LogP contribution in [0.5, 0.6) is 0 Å². The first-order chi connectivity index (χ1) is 9.70. The minimum Gasteiger partial charge on any atom is -0.396 e. The molecule has 1 unspecified atom stereocenters. The van der Waals surface area contributed by atoms with Gasteiger partial charge in [-0.15, -0.1) is 0 Å². The quantitative estimate of drug-likeness (QED) is 0.855. The number of hydrogen-bond acceptors (Lipinski definition) is 4. The summed E-state index contributed by atoms with van der Waals surface area (Å²) in [7, 11) is 0. The van der Waals surface area contributed by atoms with Gasteiger partial charge in [-0.2, -0.15) is 11.3 Å². The molecule has 1 atom stereocenters. The first-order valence-electron chi connectivity index (χ1n) is 6.89. The third kappa shape index (κ3) is 4.05. The van der Waals surface area contributed by atoms with Crippen LogP contribution in [-0.4, -0.2) is 48.1 Å². The fourth-order valence-electron chi connectivity index (χ4n) is 2.38. The summed E-state index contributed by atoms with van der Waals surface area (Å²) < 4.78 is 0. The molecule has 20 heavy (non-hydrogen) atoms. The molecular weight excluding hydrogens is 276 g/mol. The molecule has 0 aromatic carbocycles. The zero-order valence-corrected chi connectivity index (χ0v) is 12.2. The summed E-state index contributed by atoms with van der Waals surface area (Å²) >= 11 is 1.47. The zero-order valence-electron chi connectivity index (χ0n) is 11.4. The van der Waals surface area contributed by atoms with Crippen LogP contribution in [-0.2, 0) is 4.79 Å². The molecule has 1 fully saturated rings. The van der Waals surface area contributed by atoms with Gasteiger partial charge in [0, 0.05) is 43.6 Å². The van der Waals surface area contributed by atoms with Gasteiger partial charge in [0.15, 0.2) is 0 Å². The van der Waals surface area contributed by atoms with E-state index in [0.717, 1.165) is 19.4 Å². The molecule has 5 nitrogen and oxygen atoms in total. The summed E-state index contributed by atoms with van der Waals surface area (Å²) in [5.74, 6) is 0.118. The molecule has 1 aromatic heterocycles. The summed E-state index contributed by atoms with van der Waals surface area (Å²) in [6.07, 6.45) is 2.24. The fourth-order valence-corrected chi connectivity index (χ4v) is 3.01. The van der Waals surface area contributed by atoms with Crippen molar-refractivity contribution in [1.29, 1.82) is 0 Å². The summed E-state index contributed by atoms with van der Waals surface area (Å²) in [6.45, 7) is 1.88. The molecule has 1 aliphatic rings. The largest absolute Gasteiger partial charge is 0.396 e. The third-order valence-corrected chi connectivity index (χ3v) is 4.22. The van der Waals surface area contributed by atoms with E-state index in [2.05, 4.69) is 5.32 Å². The monoisotopic (exact) mass is 296 g/mol. The van der Waals surface area contributed by atoms with Crippen molar-refractivity contribution in [2.24, 2.45) is 5.92 Å². The zero-order chi connectivity index (χ0) is 14.4. The van der Waals surface area contributed by atoms with Crippen LogP contribution < -0.4 is 5.32 Å². The minimum absolute atomic E-state index is 0.0498. The Balaban J connectivity index is 1.71. The van der Waals surface area contributed by atoms with Crippen molar-refractivity contribution in [3.63, 3.8) is 0 Å². The average molecular weight is 296 g/mol. The number of aliphatic hydroxyl groups is 1. The lowest BCUT2D eigenvalue weighted by Crippen LogP contribution is -2.42. The number of aliphatic hydroxyl groups excluding tert-OH is 1. The second-order valence-electron chi connectivity index (χ2n) is 5.05. The van der Waals surface area contributed by atoms with Crippen LogP contribution in [0.3, 0.4) is 0 Å². The van der Waals surface area contributed by atoms with Gasteiger partial charge in [-0.25, -0.2) is 0 Å². The molecule has 0 radical (unpaired) electrons. The van der Waals surface area contributed by atoms with Crippen molar-refractivity contribution >= 4 is 23.2 Å². The summed E-state index contributed by atoms with van der Waals surface area (Å²) in [5.41, 5.74) is 0.640. The van der Waals surface area contributed by atoms with Crippen molar-refractivity contribution in [3.8, 4) is 0 Å². The topological polar surface area (TPSA) is 69.6 Å². The molecule has 1 aromatic rings. The molecule has 2 rings (SSSR count). The number of carbonyl (C=O) groups excluding carboxylic acids is 2. The highest BCUT2D eigenvalue weighted by atomic mass is 32.1. The maximum Gasteiger partial charge on any atom is 0.252 e. The Bertz CT molecular complexity index is 447. The fraction of sp³-hybridized carbons (Fsp3) is 0.571. The summed E-state index contributed by atoms with van der Waals surface area (Å²) in [6, 6.07) is 1.76. The number of piperidine rings is 1. The molecule has 2 heterocycles. The van der Waals surface area contributed by atoms with Crippen LogP contribution in [0.1, 0.15) is 29.6 Å². The number of thiophene rings is 1. The highest BCUT2D eigenvalue weighted by Gasteiger charge is 2.22. The number of hydrogen-bond donors (Lipinski definition) is 2. The van der Waals surface area contributed by atoms with Crippen LogP contribution >= 0.6 is 11.3 Å². The Kier molecular flexibility index (Phi) is 5.55. The Morgan fingerprint density at radius 1 is 1.50 bits per heavy atom. The van der Waals surface area contributed by atoms with E-state index >= 15 is 0 Å². The van der Waals surface area contributed by atoms with Gasteiger partial charge >= 0.3 is 0 Å². The maximum atomic E-state index is 12.0. The minimum atomic E-state index is -0.133. The lowest BCUT2D eigenvalue weighted by Gasteiger charge is -2.31. The van der Waals surface area contributed by atoms with Crippen molar-refractivity contribution in [3.05, 3.63) is 22.4 Å². The molecule has 0 spiro atoms. The molecule has 0 saturated carbocycles. The Morgan fingerprint density at radius 2 is 2.35 bits per heavy atom. The predicted molar refractivity (Wildman–Crippen MR) is 77.7 cm³/mol. The van der Waals surface area contributed by atoms with Gasteiger partial charge in [-0.05, 0) is 30.2 Å². The molecular formula is C14H20N2O3S. The van der Waals surface area contributed by atoms with Crippen LogP contribution in [0.4, 0.5) is 0 Å². The number of likely N-dealkylation sites (tertiary alicyclic amines) is 1. The van der Waals surface area contributed by atoms with E-state index in [-0.39, 0.29) is 24.3 Å². The van der Waals surface area contributed by atoms with E-state index in [1.807, 2.05) is 5.38 Å². The molecule has 0 bridgehead atoms. The van der Waals surface area contributed by atoms with Crippen LogP contribution in [0, 0.1) is 5.92 Å². The standard InChI is InChI=1S/C14H20N2O3S/c17-9-11-2-1-6-16(8-11)13(18)3-5-15-14(19)12-4-7-20-10-12/h4,7,10-11,17H,1-3,5-6,8-9H2,(H,15,19). The second-order valence-corrected chi connectivity index (χ2v) is 5.83. The van der Waals surface area contributed by atoms with E-state index in [9.17, 15) is 9.59 Å². The van der Waals surface area contributed by atoms with Gasteiger partial charge in [0.2, 0.25) is 5.91 Å². The number of rotatable bonds is 5. The van der Waals surface area contributed by atoms with Crippen LogP contribution in [0.15, 0.2) is 16.8 Å². The second kappa shape index (κ2) is 7.40. The molecule has 1 saturated heterocycles. The summed E-state index contributed by atoms with van der Waals surface area (Å²) in [4.78, 5) is 25.5. The molecule has 0 aliphatic carbocycles. The molecule has 2 amide bonds. The maximum absolute atomic E-state index is 12.0. The lowest BCUT2D eigenvalue weighted by molar-refractivity contribution is -0.133. The normalized spacial score (nSPS) is 18.9. The van der Waals surface area contributed by atoms with E-state index in [4.69, 9.17) is 5.11 Å². The van der Waals surface area contributed by atoms with Gasteiger partial charge in [0.05, 0.1) is 0 Å². The van der Waals surface area contributed by atoms with Crippen molar-refractivity contribution in [2.45, 2.75) is 19.3 Å². The van der Waals surface area contributed by atoms with E-state index in [0.29, 0.717) is 25.1 Å². The lowest BCUT2D eigenvalue weighted by atomic mass is 9.99. The van der Waals surface area contributed by atoms with E-state index in [1.165, 1.54) is 11.3 Å². The molecule has 110 valence electrons. The smallest absolute Gasteiger partial charge is 0.252 e. The first kappa shape index (κ1) is 15.0. The highest BCUT2D eigenvalue weighted by molar-refractivity contribution is 7.08. The summed E-state index contributed by atoms with van der Waals surface area (Å²) in [5, 5.41) is 15.5. The predicted octanol–water partition coefficient (Wildman–Crippen LogP) is 1.10. The van der Waals surface area contributed by atoms with Crippen molar-refractivity contribution < 1.29 is 14.7 Å². The van der Waals surface area contributed by atoms with E-state index in [1.54, 1.807) is 16.3 Å². The Morgan fingerprint density at radius 3 is 3.05 bits per heavy atom. The van der Waals surface area contributed by atoms with Crippen molar-refractivity contribution in [2.75, 3.05) is 26.2 Å². The highest BCUT2D eigenvalue weighted by Crippen LogP contribution is 2.16. The number of amides is 2. The molecule has 6 heteroatoms.